The van der Waals surface area contributed by atoms with Gasteiger partial charge < -0.3 is 20.9 Å². The first-order chi connectivity index (χ1) is 9.70. The molecule has 6 heteroatoms. The Balaban J connectivity index is 2.76. The Hall–Kier alpha value is -2.08. The molecule has 116 valence electrons. The van der Waals surface area contributed by atoms with Crippen LogP contribution in [0.5, 0.6) is 0 Å². The maximum Gasteiger partial charge on any atom is 0.407 e. The van der Waals surface area contributed by atoms with Gasteiger partial charge in [-0.1, -0.05) is 30.3 Å². The number of amides is 2. The topological polar surface area (TPSA) is 102 Å². The van der Waals surface area contributed by atoms with Crippen LogP contribution < -0.4 is 11.1 Å². The van der Waals surface area contributed by atoms with Crippen LogP contribution in [0.15, 0.2) is 30.3 Å². The first-order valence-corrected chi connectivity index (χ1v) is 6.70. The van der Waals surface area contributed by atoms with Gasteiger partial charge in [0.2, 0.25) is 5.91 Å². The average molecular weight is 294 g/mol. The molecule has 0 spiro atoms. The number of benzene rings is 1. The summed E-state index contributed by atoms with van der Waals surface area (Å²) in [6.07, 6.45) is -2.00. The number of alkyl carbamates (subject to hydrolysis) is 1. The van der Waals surface area contributed by atoms with E-state index in [-0.39, 0.29) is 6.54 Å². The third kappa shape index (κ3) is 5.83. The summed E-state index contributed by atoms with van der Waals surface area (Å²) in [5.74, 6) is -1.47. The van der Waals surface area contributed by atoms with Crippen molar-refractivity contribution in [3.63, 3.8) is 0 Å². The largest absolute Gasteiger partial charge is 0.444 e. The zero-order chi connectivity index (χ0) is 16.0. The molecule has 0 aliphatic carbocycles. The van der Waals surface area contributed by atoms with Crippen molar-refractivity contribution in [2.24, 2.45) is 5.73 Å². The number of ether oxygens (including phenoxy) is 1. The molecular formula is C15H22N2O4. The molecule has 1 rings (SSSR count). The van der Waals surface area contributed by atoms with Gasteiger partial charge in [-0.15, -0.1) is 0 Å². The van der Waals surface area contributed by atoms with Crippen LogP contribution in [0.3, 0.4) is 0 Å². The predicted molar refractivity (Wildman–Crippen MR) is 78.6 cm³/mol. The van der Waals surface area contributed by atoms with Crippen molar-refractivity contribution in [3.8, 4) is 0 Å². The summed E-state index contributed by atoms with van der Waals surface area (Å²) >= 11 is 0. The first-order valence-electron chi connectivity index (χ1n) is 6.70. The molecule has 21 heavy (non-hydrogen) atoms. The second-order valence-corrected chi connectivity index (χ2v) is 5.75. The van der Waals surface area contributed by atoms with Crippen LogP contribution in [0, 0.1) is 0 Å². The van der Waals surface area contributed by atoms with Crippen LogP contribution in [-0.4, -0.2) is 35.4 Å². The second-order valence-electron chi connectivity index (χ2n) is 5.75. The van der Waals surface area contributed by atoms with Gasteiger partial charge in [-0.05, 0) is 26.3 Å². The quantitative estimate of drug-likeness (QED) is 0.758. The molecule has 2 unspecified atom stereocenters. The zero-order valence-electron chi connectivity index (χ0n) is 12.5. The SMILES string of the molecule is CC(C)(C)OC(=O)NCC(c1ccccc1)C(O)C(N)=O. The minimum atomic E-state index is -1.39. The van der Waals surface area contributed by atoms with E-state index in [4.69, 9.17) is 10.5 Å². The van der Waals surface area contributed by atoms with Crippen molar-refractivity contribution in [2.45, 2.75) is 38.4 Å². The van der Waals surface area contributed by atoms with E-state index in [1.165, 1.54) is 0 Å². The molecule has 0 bridgehead atoms. The van der Waals surface area contributed by atoms with Crippen molar-refractivity contribution in [2.75, 3.05) is 6.54 Å². The summed E-state index contributed by atoms with van der Waals surface area (Å²) in [4.78, 5) is 22.9. The highest BCUT2D eigenvalue weighted by atomic mass is 16.6. The number of hydrogen-bond donors (Lipinski definition) is 3. The molecule has 1 aromatic rings. The fourth-order valence-corrected chi connectivity index (χ4v) is 1.82. The van der Waals surface area contributed by atoms with Crippen molar-refractivity contribution >= 4 is 12.0 Å². The first kappa shape index (κ1) is 17.0. The summed E-state index contributed by atoms with van der Waals surface area (Å²) < 4.78 is 5.12. The molecule has 0 saturated heterocycles. The number of nitrogens with one attached hydrogen (secondary N) is 1. The summed E-state index contributed by atoms with van der Waals surface area (Å²) in [5, 5.41) is 12.5. The fraction of sp³-hybridized carbons (Fsp3) is 0.467. The summed E-state index contributed by atoms with van der Waals surface area (Å²) in [6.45, 7) is 5.29. The molecule has 1 aromatic carbocycles. The number of carbonyl (C=O) groups is 2. The average Bonchev–Trinajstić information content (AvgIpc) is 2.37. The summed E-state index contributed by atoms with van der Waals surface area (Å²) in [5.41, 5.74) is 5.24. The van der Waals surface area contributed by atoms with Crippen molar-refractivity contribution in [3.05, 3.63) is 35.9 Å². The second kappa shape index (κ2) is 7.08. The van der Waals surface area contributed by atoms with Crippen LogP contribution in [0.2, 0.25) is 0 Å². The van der Waals surface area contributed by atoms with E-state index in [1.807, 2.05) is 6.07 Å². The van der Waals surface area contributed by atoms with Crippen LogP contribution in [0.4, 0.5) is 4.79 Å². The van der Waals surface area contributed by atoms with E-state index >= 15 is 0 Å². The number of aliphatic hydroxyl groups is 1. The summed E-state index contributed by atoms with van der Waals surface area (Å²) in [6, 6.07) is 8.90. The molecule has 0 aromatic heterocycles. The normalized spacial score (nSPS) is 14.1. The van der Waals surface area contributed by atoms with Crippen LogP contribution >= 0.6 is 0 Å². The van der Waals surface area contributed by atoms with E-state index in [1.54, 1.807) is 45.0 Å². The van der Waals surface area contributed by atoms with Gasteiger partial charge in [0.25, 0.3) is 0 Å². The van der Waals surface area contributed by atoms with Gasteiger partial charge in [0.15, 0.2) is 0 Å². The van der Waals surface area contributed by atoms with Gasteiger partial charge in [-0.2, -0.15) is 0 Å². The van der Waals surface area contributed by atoms with Crippen LogP contribution in [-0.2, 0) is 9.53 Å². The van der Waals surface area contributed by atoms with Crippen LogP contribution in [0.1, 0.15) is 32.3 Å². The molecule has 0 fully saturated rings. The third-order valence-corrected chi connectivity index (χ3v) is 2.77. The highest BCUT2D eigenvalue weighted by Gasteiger charge is 2.27. The molecule has 6 nitrogen and oxygen atoms in total. The van der Waals surface area contributed by atoms with Gasteiger partial charge >= 0.3 is 6.09 Å². The number of rotatable bonds is 5. The molecular weight excluding hydrogens is 272 g/mol. The molecule has 4 N–H and O–H groups in total. The minimum absolute atomic E-state index is 0.0447. The van der Waals surface area contributed by atoms with Crippen molar-refractivity contribution in [1.29, 1.82) is 0 Å². The Morgan fingerprint density at radius 1 is 1.29 bits per heavy atom. The number of aliphatic hydroxyl groups excluding tert-OH is 1. The van der Waals surface area contributed by atoms with E-state index in [0.29, 0.717) is 5.56 Å². The van der Waals surface area contributed by atoms with Gasteiger partial charge in [0.1, 0.15) is 11.7 Å². The minimum Gasteiger partial charge on any atom is -0.444 e. The zero-order valence-corrected chi connectivity index (χ0v) is 12.5. The molecule has 0 radical (unpaired) electrons. The van der Waals surface area contributed by atoms with E-state index in [9.17, 15) is 14.7 Å². The molecule has 0 aliphatic rings. The number of nitrogens with two attached hydrogens (primary N) is 1. The fourth-order valence-electron chi connectivity index (χ4n) is 1.82. The lowest BCUT2D eigenvalue weighted by Gasteiger charge is -2.24. The monoisotopic (exact) mass is 294 g/mol. The van der Waals surface area contributed by atoms with Gasteiger partial charge in [0.05, 0.1) is 0 Å². The lowest BCUT2D eigenvalue weighted by Crippen LogP contribution is -2.41. The van der Waals surface area contributed by atoms with Gasteiger partial charge in [-0.3, -0.25) is 4.79 Å². The number of carbonyl (C=O) groups excluding carboxylic acids is 2. The van der Waals surface area contributed by atoms with E-state index < -0.39 is 29.6 Å². The van der Waals surface area contributed by atoms with Gasteiger partial charge in [-0.25, -0.2) is 4.79 Å². The predicted octanol–water partition coefficient (Wildman–Crippen LogP) is 1.14. The van der Waals surface area contributed by atoms with Crippen LogP contribution in [0.25, 0.3) is 0 Å². The summed E-state index contributed by atoms with van der Waals surface area (Å²) in [7, 11) is 0. The highest BCUT2D eigenvalue weighted by molar-refractivity contribution is 5.80. The Morgan fingerprint density at radius 3 is 2.33 bits per heavy atom. The lowest BCUT2D eigenvalue weighted by molar-refractivity contribution is -0.127. The number of hydrogen-bond acceptors (Lipinski definition) is 4. The lowest BCUT2D eigenvalue weighted by atomic mass is 9.93. The maximum absolute atomic E-state index is 11.7. The molecule has 2 amide bonds. The maximum atomic E-state index is 11.7. The molecule has 0 aliphatic heterocycles. The highest BCUT2D eigenvalue weighted by Crippen LogP contribution is 2.19. The van der Waals surface area contributed by atoms with Crippen molar-refractivity contribution in [1.82, 2.24) is 5.32 Å². The smallest absolute Gasteiger partial charge is 0.407 e. The van der Waals surface area contributed by atoms with E-state index in [0.717, 1.165) is 0 Å². The molecule has 2 atom stereocenters. The van der Waals surface area contributed by atoms with E-state index in [2.05, 4.69) is 5.32 Å². The van der Waals surface area contributed by atoms with Crippen molar-refractivity contribution < 1.29 is 19.4 Å². The Labute approximate surface area is 124 Å². The Bertz CT molecular complexity index is 482. The standard InChI is InChI=1S/C15H22N2O4/c1-15(2,3)21-14(20)17-9-11(12(18)13(16)19)10-7-5-4-6-8-10/h4-8,11-12,18H,9H2,1-3H3,(H2,16,19)(H,17,20). The van der Waals surface area contributed by atoms with Gasteiger partial charge in [0, 0.05) is 12.5 Å². The Kier molecular flexibility index (Phi) is 5.72. The molecule has 0 saturated carbocycles. The Morgan fingerprint density at radius 2 is 1.86 bits per heavy atom. The number of primary amides is 1. The molecule has 0 heterocycles. The third-order valence-electron chi connectivity index (χ3n) is 2.77.